The van der Waals surface area contributed by atoms with Crippen molar-refractivity contribution in [1.82, 2.24) is 0 Å². The Morgan fingerprint density at radius 3 is 1.10 bits per heavy atom. The molecule has 4 saturated heterocycles. The van der Waals surface area contributed by atoms with Crippen LogP contribution >= 0.6 is 34.3 Å². The first-order chi connectivity index (χ1) is 12.6. The molecule has 0 nitrogen and oxygen atoms in total. The van der Waals surface area contributed by atoms with Crippen LogP contribution in [0.3, 0.4) is 0 Å². The second-order valence-electron chi connectivity index (χ2n) is 11.5. The summed E-state index contributed by atoms with van der Waals surface area (Å²) in [4.78, 5) is -1.27. The van der Waals surface area contributed by atoms with Crippen molar-refractivity contribution in [3.05, 3.63) is 10.6 Å². The zero-order valence-corrected chi connectivity index (χ0v) is 21.5. The van der Waals surface area contributed by atoms with Gasteiger partial charge in [-0.1, -0.05) is 62.3 Å². The van der Waals surface area contributed by atoms with Gasteiger partial charge in [0.25, 0.3) is 0 Å². The van der Waals surface area contributed by atoms with Gasteiger partial charge in [-0.2, -0.15) is 26.3 Å². The van der Waals surface area contributed by atoms with Gasteiger partial charge in [0.05, 0.1) is 14.9 Å². The minimum atomic E-state index is -4.93. The van der Waals surface area contributed by atoms with E-state index in [0.717, 1.165) is 0 Å². The van der Waals surface area contributed by atoms with E-state index in [0.29, 0.717) is 0 Å². The number of hydrogen-bond acceptors (Lipinski definition) is 1. The first kappa shape index (κ1) is 23.1. The lowest BCUT2D eigenvalue weighted by Gasteiger charge is -2.45. The lowest BCUT2D eigenvalue weighted by molar-refractivity contribution is -0.105. The standard InChI is InChI=1S/C19H27F6P3S/c1-12(2,3)17-18(13(4,5)6)27-11(16(23,24)25)10(15(20,21)22)26(17)19(27,14(7,8)9)29-28(17)18/h1-9H3. The molecule has 166 valence electrons. The maximum absolute atomic E-state index is 14.4. The second-order valence-corrected chi connectivity index (χ2v) is 22.4. The van der Waals surface area contributed by atoms with Crippen molar-refractivity contribution in [3.8, 4) is 0 Å². The molecule has 0 N–H and O–H groups in total. The van der Waals surface area contributed by atoms with Gasteiger partial charge in [-0.15, -0.1) is 11.4 Å². The molecule has 4 fully saturated rings. The van der Waals surface area contributed by atoms with Crippen LogP contribution in [0.5, 0.6) is 0 Å². The molecule has 0 spiro atoms. The van der Waals surface area contributed by atoms with E-state index < -0.39 is 76.2 Å². The molecule has 0 aromatic carbocycles. The SMILES string of the molecule is CC(C)(C)C12SP3C4(C(C)(C)C)P1C(C(F)(F)F)=C(C(F)(F)F)P2C34C(C)(C)C. The van der Waals surface area contributed by atoms with E-state index in [2.05, 4.69) is 0 Å². The predicted molar refractivity (Wildman–Crippen MR) is 114 cm³/mol. The molecule has 4 unspecified atom stereocenters. The largest absolute Gasteiger partial charge is 0.417 e. The van der Waals surface area contributed by atoms with E-state index in [-0.39, 0.29) is 0 Å². The molecular weight excluding hydrogens is 467 g/mol. The molecule has 0 aromatic rings. The highest BCUT2D eigenvalue weighted by molar-refractivity contribution is 8.72. The molecule has 5 aliphatic heterocycles. The van der Waals surface area contributed by atoms with Crippen molar-refractivity contribution < 1.29 is 26.3 Å². The van der Waals surface area contributed by atoms with Crippen LogP contribution in [0, 0.1) is 16.2 Å². The van der Waals surface area contributed by atoms with E-state index >= 15 is 0 Å². The molecule has 5 heterocycles. The van der Waals surface area contributed by atoms with Crippen LogP contribution in [0.15, 0.2) is 10.6 Å². The van der Waals surface area contributed by atoms with Gasteiger partial charge in [-0.25, -0.2) is 0 Å². The smallest absolute Gasteiger partial charge is 0.166 e. The van der Waals surface area contributed by atoms with Gasteiger partial charge in [0.2, 0.25) is 0 Å². The highest BCUT2D eigenvalue weighted by atomic mass is 32.7. The van der Waals surface area contributed by atoms with E-state index in [9.17, 15) is 26.3 Å². The highest BCUT2D eigenvalue weighted by Crippen LogP contribution is 3.31. The van der Waals surface area contributed by atoms with E-state index in [1.807, 2.05) is 62.3 Å². The summed E-state index contributed by atoms with van der Waals surface area (Å²) in [6.07, 6.45) is -9.86. The van der Waals surface area contributed by atoms with Gasteiger partial charge >= 0.3 is 12.4 Å². The van der Waals surface area contributed by atoms with Crippen molar-refractivity contribution in [2.75, 3.05) is 0 Å². The Labute approximate surface area is 176 Å². The normalized spacial score (nSPS) is 44.2. The van der Waals surface area contributed by atoms with Crippen LogP contribution in [0.2, 0.25) is 0 Å². The van der Waals surface area contributed by atoms with Gasteiger partial charge in [0.15, 0.2) is 0 Å². The minimum absolute atomic E-state index is 0.470. The number of alkyl halides is 6. The van der Waals surface area contributed by atoms with Crippen molar-refractivity contribution in [3.63, 3.8) is 0 Å². The summed E-state index contributed by atoms with van der Waals surface area (Å²) in [5.74, 6) is 0. The summed E-state index contributed by atoms with van der Waals surface area (Å²) in [6, 6.07) is 0. The number of halogens is 6. The molecule has 29 heavy (non-hydrogen) atoms. The van der Waals surface area contributed by atoms with Crippen LogP contribution in [0.25, 0.3) is 0 Å². The summed E-state index contributed by atoms with van der Waals surface area (Å²) in [5.41, 5.74) is -1.57. The minimum Gasteiger partial charge on any atom is -0.166 e. The molecule has 5 aliphatic rings. The third-order valence-corrected chi connectivity index (χ3v) is 29.1. The van der Waals surface area contributed by atoms with Crippen LogP contribution in [0.4, 0.5) is 26.3 Å². The summed E-state index contributed by atoms with van der Waals surface area (Å²) < 4.78 is 85.4. The van der Waals surface area contributed by atoms with Crippen molar-refractivity contribution in [1.29, 1.82) is 0 Å². The van der Waals surface area contributed by atoms with Crippen LogP contribution < -0.4 is 0 Å². The summed E-state index contributed by atoms with van der Waals surface area (Å²) in [6.45, 7) is 17.4. The summed E-state index contributed by atoms with van der Waals surface area (Å²) in [5, 5.41) is -2.32. The number of allylic oxidation sites excluding steroid dienone is 2. The van der Waals surface area contributed by atoms with Crippen molar-refractivity contribution in [2.45, 2.75) is 88.7 Å². The molecule has 5 rings (SSSR count). The fourth-order valence-electron chi connectivity index (χ4n) is 6.18. The third kappa shape index (κ3) is 2.11. The Balaban J connectivity index is 2.18. The summed E-state index contributed by atoms with van der Waals surface area (Å²) >= 11 is 1.57. The lowest BCUT2D eigenvalue weighted by Crippen LogP contribution is -2.43. The molecule has 0 aromatic heterocycles. The molecule has 0 radical (unpaired) electrons. The number of hydrogen-bond donors (Lipinski definition) is 0. The van der Waals surface area contributed by atoms with Gasteiger partial charge < -0.3 is 0 Å². The topological polar surface area (TPSA) is 0 Å². The average molecular weight is 494 g/mol. The first-order valence-electron chi connectivity index (χ1n) is 9.56. The van der Waals surface area contributed by atoms with Crippen LogP contribution in [-0.4, -0.2) is 26.4 Å². The Bertz CT molecular complexity index is 769. The van der Waals surface area contributed by atoms with Crippen LogP contribution in [0.1, 0.15) is 62.3 Å². The van der Waals surface area contributed by atoms with E-state index in [1.165, 1.54) is 0 Å². The highest BCUT2D eigenvalue weighted by Gasteiger charge is 3.06. The zero-order chi connectivity index (χ0) is 22.6. The zero-order valence-electron chi connectivity index (χ0n) is 18.0. The fourth-order valence-corrected chi connectivity index (χ4v) is 38.8. The molecular formula is C19H27F6P3S. The molecule has 6 bridgehead atoms. The molecule has 4 atom stereocenters. The Morgan fingerprint density at radius 1 is 0.586 bits per heavy atom. The Kier molecular flexibility index (Phi) is 4.28. The first-order valence-corrected chi connectivity index (χ1v) is 15.0. The van der Waals surface area contributed by atoms with Gasteiger partial charge in [-0.3, -0.25) is 0 Å². The molecule has 0 saturated carbocycles. The lowest BCUT2D eigenvalue weighted by atomic mass is 9.80. The quantitative estimate of drug-likeness (QED) is 0.239. The Hall–Kier alpha value is 0.960. The van der Waals surface area contributed by atoms with Crippen molar-refractivity contribution >= 4 is 34.3 Å². The molecule has 0 amide bonds. The maximum Gasteiger partial charge on any atom is 0.417 e. The van der Waals surface area contributed by atoms with Gasteiger partial charge in [-0.05, 0) is 39.2 Å². The molecule has 0 aliphatic carbocycles. The van der Waals surface area contributed by atoms with E-state index in [4.69, 9.17) is 0 Å². The van der Waals surface area contributed by atoms with Gasteiger partial charge in [0.1, 0.15) is 0 Å². The van der Waals surface area contributed by atoms with Gasteiger partial charge in [0, 0.05) is 9.79 Å². The van der Waals surface area contributed by atoms with E-state index in [1.54, 1.807) is 11.4 Å². The fraction of sp³-hybridized carbons (Fsp3) is 0.895. The summed E-state index contributed by atoms with van der Waals surface area (Å²) in [7, 11) is -4.98. The maximum atomic E-state index is 14.4. The Morgan fingerprint density at radius 2 is 0.897 bits per heavy atom. The second kappa shape index (κ2) is 5.37. The van der Waals surface area contributed by atoms with Crippen molar-refractivity contribution in [2.24, 2.45) is 16.2 Å². The monoisotopic (exact) mass is 494 g/mol. The molecule has 10 heteroatoms. The van der Waals surface area contributed by atoms with Crippen LogP contribution in [-0.2, 0) is 0 Å². The predicted octanol–water partition coefficient (Wildman–Crippen LogP) is 9.66. The third-order valence-electron chi connectivity index (χ3n) is 6.77. The number of rotatable bonds is 0. The average Bonchev–Trinajstić information content (AvgIpc) is 2.73.